The van der Waals surface area contributed by atoms with Gasteiger partial charge in [0.25, 0.3) is 0 Å². The summed E-state index contributed by atoms with van der Waals surface area (Å²) < 4.78 is 35.9. The van der Waals surface area contributed by atoms with E-state index in [4.69, 9.17) is 0 Å². The van der Waals surface area contributed by atoms with Crippen LogP contribution in [0.1, 0.15) is 18.4 Å². The van der Waals surface area contributed by atoms with E-state index in [1.807, 2.05) is 0 Å². The molecule has 0 saturated heterocycles. The normalized spacial score (nSPS) is 10.1. The number of aryl methyl sites for hydroxylation is 1. The molecule has 0 radical (unpaired) electrons. The number of carbonyl (C=O) groups excluding carboxylic acids is 1. The molecule has 0 aromatic heterocycles. The molecule has 0 atom stereocenters. The third-order valence-electron chi connectivity index (χ3n) is 2.38. The molecule has 3 nitrogen and oxygen atoms in total. The number of benzene rings is 1. The Morgan fingerprint density at radius 2 is 1.94 bits per heavy atom. The van der Waals surface area contributed by atoms with Gasteiger partial charge in [0.15, 0.2) is 11.6 Å². The minimum Gasteiger partial charge on any atom is -0.494 e. The molecule has 0 aliphatic rings. The van der Waals surface area contributed by atoms with Crippen LogP contribution in [0.25, 0.3) is 0 Å². The second kappa shape index (κ2) is 6.18. The van der Waals surface area contributed by atoms with Crippen molar-refractivity contribution in [1.82, 2.24) is 0 Å². The summed E-state index contributed by atoms with van der Waals surface area (Å²) in [5.74, 6) is -1.63. The lowest BCUT2D eigenvalue weighted by Crippen LogP contribution is -2.02. The zero-order chi connectivity index (χ0) is 12.8. The van der Waals surface area contributed by atoms with E-state index in [1.165, 1.54) is 14.2 Å². The Balaban J connectivity index is 2.65. The molecule has 17 heavy (non-hydrogen) atoms. The minimum atomic E-state index is -0.609. The van der Waals surface area contributed by atoms with Gasteiger partial charge in [-0.2, -0.15) is 0 Å². The van der Waals surface area contributed by atoms with Crippen LogP contribution in [0, 0.1) is 11.6 Å². The van der Waals surface area contributed by atoms with E-state index in [-0.39, 0.29) is 30.1 Å². The monoisotopic (exact) mass is 244 g/mol. The number of halogens is 2. The quantitative estimate of drug-likeness (QED) is 0.746. The molecule has 0 amide bonds. The van der Waals surface area contributed by atoms with Gasteiger partial charge in [-0.1, -0.05) is 0 Å². The first-order chi connectivity index (χ1) is 8.08. The molecule has 0 heterocycles. The fourth-order valence-corrected chi connectivity index (χ4v) is 1.44. The van der Waals surface area contributed by atoms with Crippen LogP contribution in [0.2, 0.25) is 0 Å². The molecule has 1 aromatic carbocycles. The van der Waals surface area contributed by atoms with E-state index in [0.717, 1.165) is 12.1 Å². The molecule has 5 heteroatoms. The molecule has 1 aromatic rings. The predicted octanol–water partition coefficient (Wildman–Crippen LogP) is 2.47. The van der Waals surface area contributed by atoms with Gasteiger partial charge in [0.05, 0.1) is 14.2 Å². The number of hydrogen-bond acceptors (Lipinski definition) is 3. The summed E-state index contributed by atoms with van der Waals surface area (Å²) in [4.78, 5) is 10.8. The van der Waals surface area contributed by atoms with Crippen molar-refractivity contribution in [2.45, 2.75) is 19.3 Å². The number of esters is 1. The summed E-state index contributed by atoms with van der Waals surface area (Å²) in [6, 6.07) is 2.09. The highest BCUT2D eigenvalue weighted by molar-refractivity contribution is 5.69. The number of ether oxygens (including phenoxy) is 2. The summed E-state index contributed by atoms with van der Waals surface area (Å²) in [5, 5.41) is 0. The Morgan fingerprint density at radius 1 is 1.24 bits per heavy atom. The van der Waals surface area contributed by atoms with E-state index in [2.05, 4.69) is 9.47 Å². The molecule has 0 unspecified atom stereocenters. The Bertz CT molecular complexity index is 405. The first-order valence-corrected chi connectivity index (χ1v) is 5.17. The minimum absolute atomic E-state index is 0.126. The van der Waals surface area contributed by atoms with Gasteiger partial charge >= 0.3 is 5.97 Å². The highest BCUT2D eigenvalue weighted by Crippen LogP contribution is 2.22. The van der Waals surface area contributed by atoms with E-state index in [0.29, 0.717) is 6.42 Å². The second-order valence-electron chi connectivity index (χ2n) is 3.51. The smallest absolute Gasteiger partial charge is 0.305 e. The molecule has 0 aliphatic heterocycles. The molecule has 0 aliphatic carbocycles. The first-order valence-electron chi connectivity index (χ1n) is 5.17. The van der Waals surface area contributed by atoms with Crippen LogP contribution in [0.15, 0.2) is 12.1 Å². The van der Waals surface area contributed by atoms with E-state index in [1.54, 1.807) is 0 Å². The van der Waals surface area contributed by atoms with Crippen LogP contribution in [0.5, 0.6) is 5.75 Å². The van der Waals surface area contributed by atoms with E-state index in [9.17, 15) is 13.6 Å². The Labute approximate surface area is 98.3 Å². The topological polar surface area (TPSA) is 35.5 Å². The van der Waals surface area contributed by atoms with Crippen LogP contribution in [-0.4, -0.2) is 20.2 Å². The van der Waals surface area contributed by atoms with Crippen LogP contribution in [-0.2, 0) is 16.0 Å². The van der Waals surface area contributed by atoms with Gasteiger partial charge < -0.3 is 9.47 Å². The molecular formula is C12H14F2O3. The predicted molar refractivity (Wildman–Crippen MR) is 57.9 cm³/mol. The molecule has 0 fully saturated rings. The standard InChI is InChI=1S/C12H14F2O3/c1-16-11-7-9(13)8(6-10(11)14)4-3-5-12(15)17-2/h6-7H,3-5H2,1-2H3. The Kier molecular flexibility index (Phi) is 4.87. The number of rotatable bonds is 5. The highest BCUT2D eigenvalue weighted by atomic mass is 19.1. The number of methoxy groups -OCH3 is 2. The van der Waals surface area contributed by atoms with Crippen molar-refractivity contribution in [3.8, 4) is 5.75 Å². The first kappa shape index (κ1) is 13.4. The van der Waals surface area contributed by atoms with Crippen LogP contribution < -0.4 is 4.74 Å². The van der Waals surface area contributed by atoms with E-state index >= 15 is 0 Å². The van der Waals surface area contributed by atoms with Crippen molar-refractivity contribution in [1.29, 1.82) is 0 Å². The van der Waals surface area contributed by atoms with Gasteiger partial charge in [0, 0.05) is 12.5 Å². The van der Waals surface area contributed by atoms with Gasteiger partial charge in [-0.3, -0.25) is 4.79 Å². The Hall–Kier alpha value is -1.65. The maximum atomic E-state index is 13.5. The summed E-state index contributed by atoms with van der Waals surface area (Å²) >= 11 is 0. The summed E-state index contributed by atoms with van der Waals surface area (Å²) in [5.41, 5.74) is 0.229. The van der Waals surface area contributed by atoms with Crippen molar-refractivity contribution in [2.75, 3.05) is 14.2 Å². The fourth-order valence-electron chi connectivity index (χ4n) is 1.44. The van der Waals surface area contributed by atoms with Gasteiger partial charge in [-0.05, 0) is 24.5 Å². The second-order valence-corrected chi connectivity index (χ2v) is 3.51. The van der Waals surface area contributed by atoms with Crippen molar-refractivity contribution in [3.05, 3.63) is 29.3 Å². The van der Waals surface area contributed by atoms with Gasteiger partial charge in [0.2, 0.25) is 0 Å². The lowest BCUT2D eigenvalue weighted by Gasteiger charge is -2.06. The van der Waals surface area contributed by atoms with Crippen molar-refractivity contribution < 1.29 is 23.0 Å². The van der Waals surface area contributed by atoms with Gasteiger partial charge in [0.1, 0.15) is 5.82 Å². The number of hydrogen-bond donors (Lipinski definition) is 0. The maximum Gasteiger partial charge on any atom is 0.305 e. The summed E-state index contributed by atoms with van der Waals surface area (Å²) in [7, 11) is 2.56. The van der Waals surface area contributed by atoms with Crippen LogP contribution >= 0.6 is 0 Å². The Morgan fingerprint density at radius 3 is 2.53 bits per heavy atom. The summed E-state index contributed by atoms with van der Waals surface area (Å²) in [6.07, 6.45) is 0.876. The van der Waals surface area contributed by atoms with E-state index < -0.39 is 11.6 Å². The van der Waals surface area contributed by atoms with Crippen LogP contribution in [0.4, 0.5) is 8.78 Å². The maximum absolute atomic E-state index is 13.5. The van der Waals surface area contributed by atoms with Crippen molar-refractivity contribution >= 4 is 5.97 Å². The number of carbonyl (C=O) groups is 1. The molecule has 1 rings (SSSR count). The third-order valence-corrected chi connectivity index (χ3v) is 2.38. The average Bonchev–Trinajstić information content (AvgIpc) is 2.32. The molecule has 0 N–H and O–H groups in total. The lowest BCUT2D eigenvalue weighted by molar-refractivity contribution is -0.140. The van der Waals surface area contributed by atoms with Crippen molar-refractivity contribution in [3.63, 3.8) is 0 Å². The average molecular weight is 244 g/mol. The zero-order valence-electron chi connectivity index (χ0n) is 9.76. The van der Waals surface area contributed by atoms with Crippen molar-refractivity contribution in [2.24, 2.45) is 0 Å². The lowest BCUT2D eigenvalue weighted by atomic mass is 10.1. The SMILES string of the molecule is COC(=O)CCCc1cc(F)c(OC)cc1F. The third kappa shape index (κ3) is 3.69. The molecular weight excluding hydrogens is 230 g/mol. The van der Waals surface area contributed by atoms with Crippen LogP contribution in [0.3, 0.4) is 0 Å². The molecule has 0 saturated carbocycles. The largest absolute Gasteiger partial charge is 0.494 e. The molecule has 0 bridgehead atoms. The molecule has 94 valence electrons. The van der Waals surface area contributed by atoms with Gasteiger partial charge in [-0.25, -0.2) is 8.78 Å². The van der Waals surface area contributed by atoms with Gasteiger partial charge in [-0.15, -0.1) is 0 Å². The molecule has 0 spiro atoms. The zero-order valence-corrected chi connectivity index (χ0v) is 9.76. The summed E-state index contributed by atoms with van der Waals surface area (Å²) in [6.45, 7) is 0. The fraction of sp³-hybridized carbons (Fsp3) is 0.417. The highest BCUT2D eigenvalue weighted by Gasteiger charge is 2.10.